The van der Waals surface area contributed by atoms with E-state index >= 15 is 0 Å². The van der Waals surface area contributed by atoms with Gasteiger partial charge in [-0.2, -0.15) is 0 Å². The number of rotatable bonds is 2. The Bertz CT molecular complexity index is 349. The summed E-state index contributed by atoms with van der Waals surface area (Å²) in [7, 11) is 0. The van der Waals surface area contributed by atoms with E-state index in [-0.39, 0.29) is 32.0 Å². The Morgan fingerprint density at radius 3 is 1.78 bits per heavy atom. The second-order valence-corrected chi connectivity index (χ2v) is 7.52. The predicted molar refractivity (Wildman–Crippen MR) is 83.4 cm³/mol. The minimum atomic E-state index is -1.92. The highest BCUT2D eigenvalue weighted by Crippen LogP contribution is 2.43. The highest BCUT2D eigenvalue weighted by molar-refractivity contribution is 4.91. The Morgan fingerprint density at radius 1 is 0.783 bits per heavy atom. The molecule has 3 nitrogen and oxygen atoms in total. The van der Waals surface area contributed by atoms with Gasteiger partial charge in [0.05, 0.1) is 13.2 Å². The van der Waals surface area contributed by atoms with E-state index in [4.69, 9.17) is 9.47 Å². The standard InChI is InChI=1S/C17H27F3O2.H2O.H2/c1-10-8-21-17(22-9-10)12-4-2-11(3-5-12)13-6-14(18)16(20)15(19)7-13;;/h10-17H,2-9H2,1H3;1H2;1H. The molecule has 0 bridgehead atoms. The molecule has 0 spiro atoms. The third-order valence-corrected chi connectivity index (χ3v) is 5.70. The molecule has 3 aliphatic rings. The van der Waals surface area contributed by atoms with Crippen molar-refractivity contribution in [2.75, 3.05) is 13.2 Å². The second-order valence-electron chi connectivity index (χ2n) is 7.52. The van der Waals surface area contributed by atoms with Crippen molar-refractivity contribution >= 4 is 0 Å². The summed E-state index contributed by atoms with van der Waals surface area (Å²) < 4.78 is 52.0. The summed E-state index contributed by atoms with van der Waals surface area (Å²) in [5.41, 5.74) is 0. The number of hydrogen-bond donors (Lipinski definition) is 0. The Hall–Kier alpha value is -0.330. The molecule has 6 heteroatoms. The van der Waals surface area contributed by atoms with Crippen molar-refractivity contribution in [1.29, 1.82) is 0 Å². The van der Waals surface area contributed by atoms with Crippen LogP contribution in [-0.2, 0) is 9.47 Å². The van der Waals surface area contributed by atoms with E-state index in [1.165, 1.54) is 0 Å². The molecule has 1 heterocycles. The molecule has 2 unspecified atom stereocenters. The monoisotopic (exact) mass is 340 g/mol. The lowest BCUT2D eigenvalue weighted by molar-refractivity contribution is -0.227. The van der Waals surface area contributed by atoms with Crippen molar-refractivity contribution in [3.8, 4) is 0 Å². The number of halogens is 3. The fraction of sp³-hybridized carbons (Fsp3) is 1.00. The summed E-state index contributed by atoms with van der Waals surface area (Å²) in [5, 5.41) is 0. The average Bonchev–Trinajstić information content (AvgIpc) is 2.53. The van der Waals surface area contributed by atoms with Gasteiger partial charge in [0.1, 0.15) is 12.3 Å². The lowest BCUT2D eigenvalue weighted by Crippen LogP contribution is -2.42. The lowest BCUT2D eigenvalue weighted by Gasteiger charge is -2.41. The van der Waals surface area contributed by atoms with E-state index in [0.717, 1.165) is 38.9 Å². The highest BCUT2D eigenvalue weighted by Gasteiger charge is 2.42. The third kappa shape index (κ3) is 4.40. The number of ether oxygens (including phenoxy) is 2. The van der Waals surface area contributed by atoms with Crippen molar-refractivity contribution in [3.05, 3.63) is 0 Å². The van der Waals surface area contributed by atoms with Gasteiger partial charge in [-0.3, -0.25) is 0 Å². The van der Waals surface area contributed by atoms with Gasteiger partial charge < -0.3 is 14.9 Å². The summed E-state index contributed by atoms with van der Waals surface area (Å²) in [4.78, 5) is 0. The van der Waals surface area contributed by atoms with Crippen LogP contribution in [0.1, 0.15) is 46.9 Å². The van der Waals surface area contributed by atoms with Gasteiger partial charge in [-0.15, -0.1) is 0 Å². The summed E-state index contributed by atoms with van der Waals surface area (Å²) in [6.45, 7) is 3.60. The van der Waals surface area contributed by atoms with Crippen LogP contribution >= 0.6 is 0 Å². The van der Waals surface area contributed by atoms with Crippen LogP contribution in [0.2, 0.25) is 0 Å². The Kier molecular flexibility index (Phi) is 6.75. The maximum atomic E-state index is 13.6. The van der Waals surface area contributed by atoms with Crippen LogP contribution < -0.4 is 0 Å². The molecule has 1 saturated heterocycles. The summed E-state index contributed by atoms with van der Waals surface area (Å²) in [6, 6.07) is 0. The van der Waals surface area contributed by atoms with Crippen LogP contribution in [0.4, 0.5) is 13.2 Å². The third-order valence-electron chi connectivity index (χ3n) is 5.70. The zero-order valence-electron chi connectivity index (χ0n) is 13.7. The van der Waals surface area contributed by atoms with E-state index in [1.54, 1.807) is 0 Å². The van der Waals surface area contributed by atoms with E-state index in [9.17, 15) is 13.2 Å². The van der Waals surface area contributed by atoms with Crippen LogP contribution in [0.5, 0.6) is 0 Å². The van der Waals surface area contributed by atoms with Crippen LogP contribution in [0.3, 0.4) is 0 Å². The van der Waals surface area contributed by atoms with Gasteiger partial charge in [-0.05, 0) is 50.4 Å². The summed E-state index contributed by atoms with van der Waals surface area (Å²) >= 11 is 0. The first-order valence-electron chi connectivity index (χ1n) is 8.70. The molecular weight excluding hydrogens is 309 g/mol. The highest BCUT2D eigenvalue weighted by atomic mass is 19.2. The molecule has 2 atom stereocenters. The van der Waals surface area contributed by atoms with Crippen LogP contribution in [0.15, 0.2) is 0 Å². The van der Waals surface area contributed by atoms with Crippen molar-refractivity contribution in [3.63, 3.8) is 0 Å². The topological polar surface area (TPSA) is 50.0 Å². The molecular formula is C17H31F3O3. The van der Waals surface area contributed by atoms with Crippen molar-refractivity contribution in [2.24, 2.45) is 23.7 Å². The van der Waals surface area contributed by atoms with E-state index in [1.807, 2.05) is 0 Å². The quantitative estimate of drug-likeness (QED) is 0.770. The fourth-order valence-corrected chi connectivity index (χ4v) is 4.32. The van der Waals surface area contributed by atoms with Gasteiger partial charge in [0.2, 0.25) is 0 Å². The van der Waals surface area contributed by atoms with Gasteiger partial charge in [-0.1, -0.05) is 6.92 Å². The molecule has 3 rings (SSSR count). The molecule has 2 aliphatic carbocycles. The predicted octanol–water partition coefficient (Wildman–Crippen LogP) is 3.65. The van der Waals surface area contributed by atoms with Crippen LogP contribution in [-0.4, -0.2) is 43.5 Å². The summed E-state index contributed by atoms with van der Waals surface area (Å²) in [6.07, 6.45) is -1.05. The van der Waals surface area contributed by atoms with Crippen LogP contribution in [0, 0.1) is 23.7 Å². The molecule has 1 aliphatic heterocycles. The van der Waals surface area contributed by atoms with Gasteiger partial charge in [-0.25, -0.2) is 13.2 Å². The summed E-state index contributed by atoms with van der Waals surface area (Å²) in [5.74, 6) is 1.16. The second kappa shape index (κ2) is 8.17. The molecule has 3 fully saturated rings. The average molecular weight is 340 g/mol. The maximum Gasteiger partial charge on any atom is 0.162 e. The maximum absolute atomic E-state index is 13.6. The van der Waals surface area contributed by atoms with Gasteiger partial charge >= 0.3 is 0 Å². The van der Waals surface area contributed by atoms with Gasteiger partial charge in [0.25, 0.3) is 0 Å². The molecule has 0 aromatic carbocycles. The van der Waals surface area contributed by atoms with Crippen molar-refractivity contribution in [1.82, 2.24) is 0 Å². The number of hydrogen-bond acceptors (Lipinski definition) is 2. The normalized spacial score (nSPS) is 48.5. The minimum Gasteiger partial charge on any atom is -0.412 e. The number of alkyl halides is 3. The first-order chi connectivity index (χ1) is 10.5. The Morgan fingerprint density at radius 2 is 1.26 bits per heavy atom. The SMILES string of the molecule is CC1COC(C2CCC(C3CC(F)C(F)C(F)C3)CC2)OC1.O.[HH]. The van der Waals surface area contributed by atoms with Gasteiger partial charge in [0.15, 0.2) is 12.5 Å². The van der Waals surface area contributed by atoms with Crippen LogP contribution in [0.25, 0.3) is 0 Å². The Labute approximate surface area is 137 Å². The minimum absolute atomic E-state index is 0. The van der Waals surface area contributed by atoms with Gasteiger partial charge in [0, 0.05) is 13.3 Å². The molecule has 23 heavy (non-hydrogen) atoms. The first-order valence-corrected chi connectivity index (χ1v) is 8.70. The van der Waals surface area contributed by atoms with E-state index in [2.05, 4.69) is 6.92 Å². The first kappa shape index (κ1) is 19.0. The largest absolute Gasteiger partial charge is 0.412 e. The molecule has 2 saturated carbocycles. The smallest absolute Gasteiger partial charge is 0.162 e. The lowest BCUT2D eigenvalue weighted by atomic mass is 9.70. The zero-order chi connectivity index (χ0) is 15.7. The Balaban J connectivity index is 0.00000144. The van der Waals surface area contributed by atoms with E-state index in [0.29, 0.717) is 17.8 Å². The van der Waals surface area contributed by atoms with E-state index < -0.39 is 18.5 Å². The molecule has 138 valence electrons. The molecule has 0 aromatic heterocycles. The van der Waals surface area contributed by atoms with Crippen molar-refractivity contribution < 1.29 is 29.5 Å². The molecule has 0 amide bonds. The zero-order valence-corrected chi connectivity index (χ0v) is 13.7. The molecule has 0 radical (unpaired) electrons. The molecule has 2 N–H and O–H groups in total. The van der Waals surface area contributed by atoms with Crippen molar-refractivity contribution in [2.45, 2.75) is 70.3 Å². The molecule has 0 aromatic rings. The fourth-order valence-electron chi connectivity index (χ4n) is 4.32.